The van der Waals surface area contributed by atoms with E-state index in [0.717, 1.165) is 32.2 Å². The zero-order valence-corrected chi connectivity index (χ0v) is 12.8. The standard InChI is InChI=1S/C13H26N2O3.ClH/c1-3-4-7-15(8-9-17-2)13(16)12-6-5-11(10-14)18-12;/h11-12H,3-10,14H2,1-2H3;1H/t11-,12+;/m1./s1. The summed E-state index contributed by atoms with van der Waals surface area (Å²) in [6.07, 6.45) is 3.52. The first-order valence-electron chi connectivity index (χ1n) is 6.86. The van der Waals surface area contributed by atoms with Crippen LogP contribution in [0.3, 0.4) is 0 Å². The molecule has 0 unspecified atom stereocenters. The minimum atomic E-state index is -0.299. The highest BCUT2D eigenvalue weighted by molar-refractivity contribution is 5.85. The van der Waals surface area contributed by atoms with Gasteiger partial charge in [-0.05, 0) is 19.3 Å². The summed E-state index contributed by atoms with van der Waals surface area (Å²) in [5.41, 5.74) is 5.56. The number of ether oxygens (including phenoxy) is 2. The number of hydrogen-bond acceptors (Lipinski definition) is 4. The molecule has 0 bridgehead atoms. The third kappa shape index (κ3) is 6.08. The van der Waals surface area contributed by atoms with Crippen LogP contribution in [0.4, 0.5) is 0 Å². The van der Waals surface area contributed by atoms with Crippen LogP contribution in [0.15, 0.2) is 0 Å². The molecule has 1 fully saturated rings. The van der Waals surface area contributed by atoms with Crippen LogP contribution in [0.5, 0.6) is 0 Å². The van der Waals surface area contributed by atoms with Crippen LogP contribution >= 0.6 is 12.4 Å². The van der Waals surface area contributed by atoms with Gasteiger partial charge in [0, 0.05) is 26.7 Å². The summed E-state index contributed by atoms with van der Waals surface area (Å²) >= 11 is 0. The molecule has 0 aromatic heterocycles. The second-order valence-electron chi connectivity index (χ2n) is 4.73. The quantitative estimate of drug-likeness (QED) is 0.730. The maximum absolute atomic E-state index is 12.3. The van der Waals surface area contributed by atoms with Gasteiger partial charge >= 0.3 is 0 Å². The highest BCUT2D eigenvalue weighted by Crippen LogP contribution is 2.20. The molecule has 6 heteroatoms. The van der Waals surface area contributed by atoms with Crippen molar-refractivity contribution in [2.24, 2.45) is 5.73 Å². The number of nitrogens with zero attached hydrogens (tertiary/aromatic N) is 1. The minimum Gasteiger partial charge on any atom is -0.383 e. The fourth-order valence-electron chi connectivity index (χ4n) is 2.15. The van der Waals surface area contributed by atoms with Gasteiger partial charge in [0.05, 0.1) is 12.7 Å². The average molecular weight is 295 g/mol. The average Bonchev–Trinajstić information content (AvgIpc) is 2.87. The zero-order chi connectivity index (χ0) is 13.4. The Labute approximate surface area is 122 Å². The zero-order valence-electron chi connectivity index (χ0n) is 12.0. The Balaban J connectivity index is 0.00000324. The minimum absolute atomic E-state index is 0. The first-order valence-corrected chi connectivity index (χ1v) is 6.86. The molecule has 0 aromatic rings. The van der Waals surface area contributed by atoms with Crippen LogP contribution in [0.1, 0.15) is 32.6 Å². The van der Waals surface area contributed by atoms with E-state index in [9.17, 15) is 4.79 Å². The largest absolute Gasteiger partial charge is 0.383 e. The summed E-state index contributed by atoms with van der Waals surface area (Å²) in [4.78, 5) is 14.2. The molecule has 1 aliphatic heterocycles. The predicted molar refractivity (Wildman–Crippen MR) is 77.6 cm³/mol. The van der Waals surface area contributed by atoms with Crippen LogP contribution < -0.4 is 5.73 Å². The number of methoxy groups -OCH3 is 1. The molecular formula is C13H27ClN2O3. The van der Waals surface area contributed by atoms with Crippen LogP contribution in [-0.4, -0.2) is 56.4 Å². The first kappa shape index (κ1) is 18.6. The van der Waals surface area contributed by atoms with Gasteiger partial charge in [-0.1, -0.05) is 13.3 Å². The van der Waals surface area contributed by atoms with E-state index in [0.29, 0.717) is 19.7 Å². The van der Waals surface area contributed by atoms with Gasteiger partial charge < -0.3 is 20.1 Å². The highest BCUT2D eigenvalue weighted by atomic mass is 35.5. The number of rotatable bonds is 8. The van der Waals surface area contributed by atoms with Crippen molar-refractivity contribution < 1.29 is 14.3 Å². The second kappa shape index (κ2) is 10.4. The van der Waals surface area contributed by atoms with Crippen LogP contribution in [0.25, 0.3) is 0 Å². The van der Waals surface area contributed by atoms with Crippen molar-refractivity contribution in [3.63, 3.8) is 0 Å². The van der Waals surface area contributed by atoms with Gasteiger partial charge in [0.1, 0.15) is 6.10 Å². The van der Waals surface area contributed by atoms with Gasteiger partial charge in [0.15, 0.2) is 0 Å². The molecule has 0 aromatic carbocycles. The molecule has 1 amide bonds. The van der Waals surface area contributed by atoms with Gasteiger partial charge in [-0.15, -0.1) is 12.4 Å². The number of amides is 1. The molecule has 5 nitrogen and oxygen atoms in total. The Morgan fingerprint density at radius 1 is 1.42 bits per heavy atom. The van der Waals surface area contributed by atoms with E-state index < -0.39 is 0 Å². The van der Waals surface area contributed by atoms with E-state index in [1.54, 1.807) is 7.11 Å². The van der Waals surface area contributed by atoms with Crippen LogP contribution in [0.2, 0.25) is 0 Å². The molecule has 1 rings (SSSR count). The highest BCUT2D eigenvalue weighted by Gasteiger charge is 2.32. The second-order valence-corrected chi connectivity index (χ2v) is 4.73. The summed E-state index contributed by atoms with van der Waals surface area (Å²) in [6.45, 7) is 4.61. The topological polar surface area (TPSA) is 64.8 Å². The Hall–Kier alpha value is -0.360. The fraction of sp³-hybridized carbons (Fsp3) is 0.923. The number of nitrogens with two attached hydrogens (primary N) is 1. The molecule has 1 saturated heterocycles. The van der Waals surface area contributed by atoms with Crippen molar-refractivity contribution in [2.45, 2.75) is 44.8 Å². The molecule has 2 N–H and O–H groups in total. The van der Waals surface area contributed by atoms with E-state index in [2.05, 4.69) is 6.92 Å². The van der Waals surface area contributed by atoms with E-state index >= 15 is 0 Å². The van der Waals surface area contributed by atoms with Crippen molar-refractivity contribution in [2.75, 3.05) is 33.4 Å². The lowest BCUT2D eigenvalue weighted by Gasteiger charge is -2.25. The lowest BCUT2D eigenvalue weighted by Crippen LogP contribution is -2.42. The number of carbonyl (C=O) groups is 1. The number of halogens is 1. The van der Waals surface area contributed by atoms with Crippen LogP contribution in [0, 0.1) is 0 Å². The third-order valence-corrected chi connectivity index (χ3v) is 3.30. The molecule has 0 spiro atoms. The summed E-state index contributed by atoms with van der Waals surface area (Å²) in [7, 11) is 1.65. The third-order valence-electron chi connectivity index (χ3n) is 3.30. The molecule has 0 radical (unpaired) electrons. The lowest BCUT2D eigenvalue weighted by molar-refractivity contribution is -0.143. The summed E-state index contributed by atoms with van der Waals surface area (Å²) < 4.78 is 10.7. The summed E-state index contributed by atoms with van der Waals surface area (Å²) in [5, 5.41) is 0. The maximum atomic E-state index is 12.3. The van der Waals surface area contributed by atoms with Gasteiger partial charge in [-0.25, -0.2) is 0 Å². The maximum Gasteiger partial charge on any atom is 0.251 e. The Morgan fingerprint density at radius 2 is 2.16 bits per heavy atom. The van der Waals surface area contributed by atoms with Gasteiger partial charge in [0.25, 0.3) is 5.91 Å². The number of hydrogen-bond donors (Lipinski definition) is 1. The van der Waals surface area contributed by atoms with Crippen molar-refractivity contribution in [1.29, 1.82) is 0 Å². The van der Waals surface area contributed by atoms with Gasteiger partial charge in [-0.3, -0.25) is 4.79 Å². The smallest absolute Gasteiger partial charge is 0.251 e. The van der Waals surface area contributed by atoms with E-state index in [1.807, 2.05) is 4.90 Å². The van der Waals surface area contributed by atoms with Crippen molar-refractivity contribution >= 4 is 18.3 Å². The van der Waals surface area contributed by atoms with Crippen LogP contribution in [-0.2, 0) is 14.3 Å². The van der Waals surface area contributed by atoms with Gasteiger partial charge in [0.2, 0.25) is 0 Å². The van der Waals surface area contributed by atoms with Crippen molar-refractivity contribution in [1.82, 2.24) is 4.90 Å². The van der Waals surface area contributed by atoms with Crippen molar-refractivity contribution in [3.05, 3.63) is 0 Å². The first-order chi connectivity index (χ1) is 8.72. The normalized spacial score (nSPS) is 22.1. The SMILES string of the molecule is CCCCN(CCOC)C(=O)[C@@H]1CC[C@H](CN)O1.Cl. The molecule has 2 atom stereocenters. The van der Waals surface area contributed by atoms with Crippen molar-refractivity contribution in [3.8, 4) is 0 Å². The number of carbonyl (C=O) groups excluding carboxylic acids is 1. The molecule has 0 aliphatic carbocycles. The molecule has 114 valence electrons. The molecular weight excluding hydrogens is 268 g/mol. The molecule has 19 heavy (non-hydrogen) atoms. The number of unbranched alkanes of at least 4 members (excludes halogenated alkanes) is 1. The Bertz CT molecular complexity index is 246. The Morgan fingerprint density at radius 3 is 2.68 bits per heavy atom. The summed E-state index contributed by atoms with van der Waals surface area (Å²) in [5.74, 6) is 0.0939. The van der Waals surface area contributed by atoms with E-state index in [4.69, 9.17) is 15.2 Å². The fourth-order valence-corrected chi connectivity index (χ4v) is 2.15. The predicted octanol–water partition coefficient (Wildman–Crippen LogP) is 1.19. The Kier molecular flexibility index (Phi) is 10.2. The van der Waals surface area contributed by atoms with E-state index in [1.165, 1.54) is 0 Å². The van der Waals surface area contributed by atoms with Gasteiger partial charge in [-0.2, -0.15) is 0 Å². The molecule has 1 heterocycles. The molecule has 1 aliphatic rings. The lowest BCUT2D eigenvalue weighted by atomic mass is 10.1. The summed E-state index contributed by atoms with van der Waals surface area (Å²) in [6, 6.07) is 0. The monoisotopic (exact) mass is 294 g/mol. The molecule has 0 saturated carbocycles. The van der Waals surface area contributed by atoms with E-state index in [-0.39, 0.29) is 30.5 Å².